The monoisotopic (exact) mass is 304 g/mol. The van der Waals surface area contributed by atoms with E-state index in [9.17, 15) is 14.4 Å². The lowest BCUT2D eigenvalue weighted by Gasteiger charge is -2.22. The van der Waals surface area contributed by atoms with Gasteiger partial charge in [0.15, 0.2) is 0 Å². The van der Waals surface area contributed by atoms with Gasteiger partial charge in [-0.15, -0.1) is 0 Å². The Bertz CT molecular complexity index is 561. The molecule has 7 nitrogen and oxygen atoms in total. The van der Waals surface area contributed by atoms with Crippen LogP contribution >= 0.6 is 0 Å². The van der Waals surface area contributed by atoms with Crippen LogP contribution in [0.1, 0.15) is 17.4 Å². The second-order valence-corrected chi connectivity index (χ2v) is 5.24. The van der Waals surface area contributed by atoms with E-state index in [-0.39, 0.29) is 24.3 Å². The molecule has 22 heavy (non-hydrogen) atoms. The summed E-state index contributed by atoms with van der Waals surface area (Å²) in [6.45, 7) is 2.88. The molecule has 0 aromatic carbocycles. The minimum absolute atomic E-state index is 0.0963. The van der Waals surface area contributed by atoms with Gasteiger partial charge in [0.25, 0.3) is 5.91 Å². The molecular formula is C15H20N4O3. The zero-order valence-electron chi connectivity index (χ0n) is 12.8. The van der Waals surface area contributed by atoms with Crippen LogP contribution in [0.2, 0.25) is 0 Å². The molecule has 1 atom stereocenters. The summed E-state index contributed by atoms with van der Waals surface area (Å²) in [5, 5.41) is 2.59. The molecule has 1 aliphatic heterocycles. The van der Waals surface area contributed by atoms with Gasteiger partial charge in [0.05, 0.1) is 5.92 Å². The van der Waals surface area contributed by atoms with Crippen LogP contribution in [-0.2, 0) is 9.59 Å². The van der Waals surface area contributed by atoms with Crippen molar-refractivity contribution < 1.29 is 14.4 Å². The predicted octanol–water partition coefficient (Wildman–Crippen LogP) is -0.252. The number of amides is 3. The molecule has 0 spiro atoms. The second kappa shape index (κ2) is 7.02. The van der Waals surface area contributed by atoms with Gasteiger partial charge in [-0.2, -0.15) is 0 Å². The number of nitrogens with one attached hydrogen (secondary N) is 1. The molecule has 1 aliphatic rings. The van der Waals surface area contributed by atoms with Crippen LogP contribution in [0.5, 0.6) is 0 Å². The van der Waals surface area contributed by atoms with Gasteiger partial charge in [-0.3, -0.25) is 19.4 Å². The summed E-state index contributed by atoms with van der Waals surface area (Å²) >= 11 is 0. The van der Waals surface area contributed by atoms with Gasteiger partial charge in [-0.1, -0.05) is 6.07 Å². The number of pyridine rings is 1. The molecule has 3 amide bonds. The fourth-order valence-electron chi connectivity index (χ4n) is 2.51. The third-order valence-electron chi connectivity index (χ3n) is 3.76. The van der Waals surface area contributed by atoms with Gasteiger partial charge in [-0.05, 0) is 12.1 Å². The first-order valence-corrected chi connectivity index (χ1v) is 7.20. The molecule has 7 heteroatoms. The fraction of sp³-hybridized carbons (Fsp3) is 0.467. The molecule has 1 aromatic heterocycles. The summed E-state index contributed by atoms with van der Waals surface area (Å²) in [4.78, 5) is 43.4. The lowest BCUT2D eigenvalue weighted by molar-refractivity contribution is -0.130. The zero-order chi connectivity index (χ0) is 16.1. The number of carbonyl (C=O) groups is 3. The molecule has 1 N–H and O–H groups in total. The molecule has 0 aliphatic carbocycles. The average molecular weight is 304 g/mol. The van der Waals surface area contributed by atoms with Crippen molar-refractivity contribution in [3.8, 4) is 0 Å². The normalized spacial score (nSPS) is 18.5. The highest BCUT2D eigenvalue weighted by molar-refractivity contribution is 5.93. The van der Waals surface area contributed by atoms with E-state index >= 15 is 0 Å². The highest BCUT2D eigenvalue weighted by Gasteiger charge is 2.31. The second-order valence-electron chi connectivity index (χ2n) is 5.24. The number of nitrogens with zero attached hydrogens (tertiary/aromatic N) is 3. The summed E-state index contributed by atoms with van der Waals surface area (Å²) in [7, 11) is 1.55. The number of rotatable bonds is 2. The van der Waals surface area contributed by atoms with E-state index < -0.39 is 5.92 Å². The van der Waals surface area contributed by atoms with E-state index in [0.717, 1.165) is 0 Å². The molecule has 2 heterocycles. The Labute approximate surface area is 129 Å². The molecular weight excluding hydrogens is 284 g/mol. The Hall–Kier alpha value is -2.44. The molecule has 2 rings (SSSR count). The fourth-order valence-corrected chi connectivity index (χ4v) is 2.51. The molecule has 0 bridgehead atoms. The number of aromatic nitrogens is 1. The summed E-state index contributed by atoms with van der Waals surface area (Å²) in [5.74, 6) is -0.933. The Balaban J connectivity index is 2.19. The summed E-state index contributed by atoms with van der Waals surface area (Å²) < 4.78 is 0. The zero-order valence-corrected chi connectivity index (χ0v) is 12.8. The summed E-state index contributed by atoms with van der Waals surface area (Å²) in [6.07, 6.45) is 1.56. The number of hydrogen-bond acceptors (Lipinski definition) is 4. The van der Waals surface area contributed by atoms with Crippen molar-refractivity contribution in [3.63, 3.8) is 0 Å². The first-order valence-electron chi connectivity index (χ1n) is 7.20. The van der Waals surface area contributed by atoms with Crippen molar-refractivity contribution in [1.82, 2.24) is 20.1 Å². The largest absolute Gasteiger partial charge is 0.359 e. The minimum atomic E-state index is -0.441. The quantitative estimate of drug-likeness (QED) is 0.816. The minimum Gasteiger partial charge on any atom is -0.359 e. The van der Waals surface area contributed by atoms with Crippen molar-refractivity contribution in [2.45, 2.75) is 6.92 Å². The summed E-state index contributed by atoms with van der Waals surface area (Å²) in [5.41, 5.74) is 0.342. The van der Waals surface area contributed by atoms with Gasteiger partial charge in [0.2, 0.25) is 11.8 Å². The van der Waals surface area contributed by atoms with E-state index in [0.29, 0.717) is 25.3 Å². The van der Waals surface area contributed by atoms with Crippen LogP contribution in [0.4, 0.5) is 0 Å². The molecule has 1 aromatic rings. The van der Waals surface area contributed by atoms with Crippen molar-refractivity contribution in [2.24, 2.45) is 5.92 Å². The molecule has 1 saturated heterocycles. The van der Waals surface area contributed by atoms with Gasteiger partial charge < -0.3 is 15.1 Å². The van der Waals surface area contributed by atoms with Crippen LogP contribution in [0.15, 0.2) is 24.4 Å². The Kier molecular flexibility index (Phi) is 5.08. The van der Waals surface area contributed by atoms with Gasteiger partial charge >= 0.3 is 0 Å². The Morgan fingerprint density at radius 2 is 1.86 bits per heavy atom. The number of carbonyl (C=O) groups excluding carboxylic acids is 3. The van der Waals surface area contributed by atoms with Gasteiger partial charge in [0, 0.05) is 46.3 Å². The summed E-state index contributed by atoms with van der Waals surface area (Å²) in [6, 6.07) is 5.13. The SMILES string of the molecule is CNC(=O)[C@@H]1CN(C(C)=O)CCN(C(=O)c2ccccn2)C1. The molecule has 0 saturated carbocycles. The van der Waals surface area contributed by atoms with Crippen LogP contribution in [0, 0.1) is 5.92 Å². The number of hydrogen-bond donors (Lipinski definition) is 1. The van der Waals surface area contributed by atoms with E-state index in [1.54, 1.807) is 41.2 Å². The molecule has 0 radical (unpaired) electrons. The topological polar surface area (TPSA) is 82.6 Å². The highest BCUT2D eigenvalue weighted by atomic mass is 16.2. The third kappa shape index (κ3) is 3.60. The van der Waals surface area contributed by atoms with Crippen molar-refractivity contribution >= 4 is 17.7 Å². The van der Waals surface area contributed by atoms with E-state index in [2.05, 4.69) is 10.3 Å². The van der Waals surface area contributed by atoms with E-state index in [1.165, 1.54) is 6.92 Å². The van der Waals surface area contributed by atoms with E-state index in [4.69, 9.17) is 0 Å². The van der Waals surface area contributed by atoms with Crippen LogP contribution in [0.25, 0.3) is 0 Å². The van der Waals surface area contributed by atoms with Crippen LogP contribution in [-0.4, -0.2) is 65.7 Å². The highest BCUT2D eigenvalue weighted by Crippen LogP contribution is 2.13. The van der Waals surface area contributed by atoms with Crippen molar-refractivity contribution in [1.29, 1.82) is 0 Å². The maximum absolute atomic E-state index is 12.5. The van der Waals surface area contributed by atoms with Crippen molar-refractivity contribution in [2.75, 3.05) is 33.2 Å². The van der Waals surface area contributed by atoms with Crippen LogP contribution < -0.4 is 5.32 Å². The van der Waals surface area contributed by atoms with Crippen LogP contribution in [0.3, 0.4) is 0 Å². The molecule has 0 unspecified atom stereocenters. The average Bonchev–Trinajstić information content (AvgIpc) is 2.77. The Morgan fingerprint density at radius 3 is 2.45 bits per heavy atom. The lowest BCUT2D eigenvalue weighted by atomic mass is 10.1. The smallest absolute Gasteiger partial charge is 0.272 e. The third-order valence-corrected chi connectivity index (χ3v) is 3.76. The predicted molar refractivity (Wildman–Crippen MR) is 80.0 cm³/mol. The van der Waals surface area contributed by atoms with Gasteiger partial charge in [0.1, 0.15) is 5.69 Å². The molecule has 118 valence electrons. The van der Waals surface area contributed by atoms with Crippen molar-refractivity contribution in [3.05, 3.63) is 30.1 Å². The van der Waals surface area contributed by atoms with E-state index in [1.807, 2.05) is 0 Å². The first-order chi connectivity index (χ1) is 10.5. The molecule has 1 fully saturated rings. The first kappa shape index (κ1) is 15.9. The Morgan fingerprint density at radius 1 is 1.18 bits per heavy atom. The maximum Gasteiger partial charge on any atom is 0.272 e. The standard InChI is InChI=1S/C15H20N4O3/c1-11(20)18-7-8-19(10-12(9-18)14(21)16-2)15(22)13-5-3-4-6-17-13/h3-6,12H,7-10H2,1-2H3,(H,16,21)/t12-/m1/s1. The maximum atomic E-state index is 12.5. The lowest BCUT2D eigenvalue weighted by Crippen LogP contribution is -2.42. The van der Waals surface area contributed by atoms with Gasteiger partial charge in [-0.25, -0.2) is 0 Å².